The van der Waals surface area contributed by atoms with Crippen molar-refractivity contribution in [3.05, 3.63) is 34.3 Å². The molecular formula is C20H21N5O2S2. The minimum atomic E-state index is -0.0593. The molecule has 0 atom stereocenters. The number of anilines is 2. The molecule has 1 aliphatic carbocycles. The standard InChI is InChI=1S/C20H21N5O2S2/c1-11-2-5-13-15(8-11)28-19(21-13)23-17(26)10-25-7-6-14-16(9-25)29-20(22-14)24-18(27)12-3-4-12/h2,5,8,12H,3-4,6-7,9-10H2,1H3,(H,21,23,26)(H,22,24,27). The summed E-state index contributed by atoms with van der Waals surface area (Å²) in [5.41, 5.74) is 3.13. The van der Waals surface area contributed by atoms with Crippen molar-refractivity contribution < 1.29 is 9.59 Å². The van der Waals surface area contributed by atoms with E-state index >= 15 is 0 Å². The predicted molar refractivity (Wildman–Crippen MR) is 115 cm³/mol. The summed E-state index contributed by atoms with van der Waals surface area (Å²) in [6, 6.07) is 6.08. The first kappa shape index (κ1) is 18.7. The number of thiazole rings is 2. The van der Waals surface area contributed by atoms with Crippen LogP contribution in [0.3, 0.4) is 0 Å². The molecule has 0 bridgehead atoms. The second kappa shape index (κ2) is 7.47. The number of rotatable bonds is 5. The third-order valence-corrected chi connectivity index (χ3v) is 7.08. The van der Waals surface area contributed by atoms with E-state index in [1.54, 1.807) is 0 Å². The highest BCUT2D eigenvalue weighted by Gasteiger charge is 2.31. The number of nitrogens with one attached hydrogen (secondary N) is 2. The van der Waals surface area contributed by atoms with Crippen LogP contribution >= 0.6 is 22.7 Å². The summed E-state index contributed by atoms with van der Waals surface area (Å²) in [4.78, 5) is 36.8. The first-order valence-corrected chi connectivity index (χ1v) is 11.4. The van der Waals surface area contributed by atoms with Gasteiger partial charge in [-0.1, -0.05) is 17.4 Å². The van der Waals surface area contributed by atoms with Gasteiger partial charge in [0, 0.05) is 30.3 Å². The normalized spacial score (nSPS) is 16.6. The maximum Gasteiger partial charge on any atom is 0.240 e. The van der Waals surface area contributed by atoms with E-state index in [0.29, 0.717) is 23.4 Å². The van der Waals surface area contributed by atoms with Crippen molar-refractivity contribution in [1.29, 1.82) is 0 Å². The summed E-state index contributed by atoms with van der Waals surface area (Å²) < 4.78 is 1.08. The van der Waals surface area contributed by atoms with E-state index in [4.69, 9.17) is 0 Å². The van der Waals surface area contributed by atoms with Crippen LogP contribution in [0.25, 0.3) is 10.2 Å². The van der Waals surface area contributed by atoms with Crippen molar-refractivity contribution in [2.75, 3.05) is 23.7 Å². The van der Waals surface area contributed by atoms with Gasteiger partial charge in [-0.2, -0.15) is 0 Å². The largest absolute Gasteiger partial charge is 0.302 e. The summed E-state index contributed by atoms with van der Waals surface area (Å²) in [6.45, 7) is 3.82. The maximum atomic E-state index is 12.5. The topological polar surface area (TPSA) is 87.2 Å². The van der Waals surface area contributed by atoms with Gasteiger partial charge in [0.1, 0.15) is 0 Å². The number of nitrogens with zero attached hydrogens (tertiary/aromatic N) is 3. The van der Waals surface area contributed by atoms with Crippen molar-refractivity contribution >= 4 is 55.0 Å². The van der Waals surface area contributed by atoms with Gasteiger partial charge in [0.25, 0.3) is 0 Å². The van der Waals surface area contributed by atoms with Gasteiger partial charge in [0.05, 0.1) is 22.5 Å². The lowest BCUT2D eigenvalue weighted by atomic mass is 10.2. The Labute approximate surface area is 176 Å². The van der Waals surface area contributed by atoms with Gasteiger partial charge in [0.15, 0.2) is 10.3 Å². The third kappa shape index (κ3) is 4.17. The average Bonchev–Trinajstić information content (AvgIpc) is 3.34. The van der Waals surface area contributed by atoms with Crippen molar-refractivity contribution in [2.24, 2.45) is 5.92 Å². The molecule has 0 radical (unpaired) electrons. The number of carbonyl (C=O) groups is 2. The molecule has 9 heteroatoms. The molecule has 2 aliphatic rings. The Morgan fingerprint density at radius 1 is 1.17 bits per heavy atom. The van der Waals surface area contributed by atoms with Crippen LogP contribution < -0.4 is 10.6 Å². The molecule has 5 rings (SSSR count). The first-order valence-electron chi connectivity index (χ1n) is 9.72. The number of carbonyl (C=O) groups excluding carboxylic acids is 2. The van der Waals surface area contributed by atoms with Gasteiger partial charge < -0.3 is 10.6 Å². The highest BCUT2D eigenvalue weighted by atomic mass is 32.1. The monoisotopic (exact) mass is 427 g/mol. The molecule has 0 spiro atoms. The average molecular weight is 428 g/mol. The Morgan fingerprint density at radius 3 is 2.83 bits per heavy atom. The Morgan fingerprint density at radius 2 is 2.00 bits per heavy atom. The fraction of sp³-hybridized carbons (Fsp3) is 0.400. The lowest BCUT2D eigenvalue weighted by molar-refractivity contribution is -0.118. The molecule has 1 fully saturated rings. The second-order valence-corrected chi connectivity index (χ2v) is 9.77. The van der Waals surface area contributed by atoms with E-state index in [1.165, 1.54) is 28.2 Å². The molecular weight excluding hydrogens is 406 g/mol. The molecule has 2 amide bonds. The molecule has 3 aromatic rings. The van der Waals surface area contributed by atoms with Crippen molar-refractivity contribution in [1.82, 2.24) is 14.9 Å². The molecule has 1 aliphatic heterocycles. The quantitative estimate of drug-likeness (QED) is 0.652. The van der Waals surface area contributed by atoms with Crippen LogP contribution in [0.4, 0.5) is 10.3 Å². The van der Waals surface area contributed by atoms with Crippen molar-refractivity contribution in [3.8, 4) is 0 Å². The second-order valence-electron chi connectivity index (χ2n) is 7.65. The van der Waals surface area contributed by atoms with Gasteiger partial charge in [-0.05, 0) is 37.5 Å². The fourth-order valence-corrected chi connectivity index (χ4v) is 5.47. The maximum absolute atomic E-state index is 12.5. The number of aromatic nitrogens is 2. The van der Waals surface area contributed by atoms with E-state index in [2.05, 4.69) is 31.6 Å². The number of hydrogen-bond donors (Lipinski definition) is 2. The minimum absolute atomic E-state index is 0.0593. The zero-order valence-electron chi connectivity index (χ0n) is 16.0. The van der Waals surface area contributed by atoms with E-state index in [1.807, 2.05) is 19.1 Å². The van der Waals surface area contributed by atoms with Crippen LogP contribution in [0.1, 0.15) is 29.0 Å². The molecule has 0 saturated heterocycles. The first-order chi connectivity index (χ1) is 14.0. The predicted octanol–water partition coefficient (Wildman–Crippen LogP) is 3.41. The third-order valence-electron chi connectivity index (χ3n) is 5.15. The number of hydrogen-bond acceptors (Lipinski definition) is 7. The van der Waals surface area contributed by atoms with Gasteiger partial charge >= 0.3 is 0 Å². The summed E-state index contributed by atoms with van der Waals surface area (Å²) in [7, 11) is 0. The van der Waals surface area contributed by atoms with Crippen LogP contribution in [0.2, 0.25) is 0 Å². The number of aryl methyl sites for hydroxylation is 1. The SMILES string of the molecule is Cc1ccc2nc(NC(=O)CN3CCc4nc(NC(=O)C5CC5)sc4C3)sc2c1. The summed E-state index contributed by atoms with van der Waals surface area (Å²) >= 11 is 3.02. The number of benzene rings is 1. The van der Waals surface area contributed by atoms with Gasteiger partial charge in [0.2, 0.25) is 11.8 Å². The van der Waals surface area contributed by atoms with Crippen molar-refractivity contribution in [3.63, 3.8) is 0 Å². The molecule has 3 heterocycles. The summed E-state index contributed by atoms with van der Waals surface area (Å²) in [5.74, 6) is 0.192. The molecule has 2 N–H and O–H groups in total. The smallest absolute Gasteiger partial charge is 0.240 e. The zero-order valence-corrected chi connectivity index (χ0v) is 17.7. The van der Waals surface area contributed by atoms with E-state index in [9.17, 15) is 9.59 Å². The molecule has 2 aromatic heterocycles. The number of amides is 2. The van der Waals surface area contributed by atoms with E-state index < -0.39 is 0 Å². The fourth-order valence-electron chi connectivity index (χ4n) is 3.44. The molecule has 1 saturated carbocycles. The summed E-state index contributed by atoms with van der Waals surface area (Å²) in [6.07, 6.45) is 2.75. The lowest BCUT2D eigenvalue weighted by Crippen LogP contribution is -2.36. The molecule has 150 valence electrons. The molecule has 7 nitrogen and oxygen atoms in total. The minimum Gasteiger partial charge on any atom is -0.302 e. The zero-order chi connectivity index (χ0) is 20.0. The Balaban J connectivity index is 1.19. The van der Waals surface area contributed by atoms with E-state index in [0.717, 1.165) is 46.6 Å². The number of fused-ring (bicyclic) bond motifs is 2. The van der Waals surface area contributed by atoms with Crippen molar-refractivity contribution in [2.45, 2.75) is 32.7 Å². The van der Waals surface area contributed by atoms with Gasteiger partial charge in [-0.15, -0.1) is 11.3 Å². The Hall–Kier alpha value is -2.36. The van der Waals surface area contributed by atoms with Crippen LogP contribution in [-0.2, 0) is 22.6 Å². The van der Waals surface area contributed by atoms with Crippen LogP contribution in [0.5, 0.6) is 0 Å². The van der Waals surface area contributed by atoms with Crippen LogP contribution in [-0.4, -0.2) is 39.8 Å². The highest BCUT2D eigenvalue weighted by Crippen LogP contribution is 2.33. The van der Waals surface area contributed by atoms with Crippen LogP contribution in [0.15, 0.2) is 18.2 Å². The lowest BCUT2D eigenvalue weighted by Gasteiger charge is -2.24. The molecule has 0 unspecified atom stereocenters. The Bertz CT molecular complexity index is 1100. The summed E-state index contributed by atoms with van der Waals surface area (Å²) in [5, 5.41) is 7.18. The van der Waals surface area contributed by atoms with Crippen LogP contribution in [0, 0.1) is 12.8 Å². The Kier molecular flexibility index (Phi) is 4.81. The van der Waals surface area contributed by atoms with Gasteiger partial charge in [-0.25, -0.2) is 9.97 Å². The van der Waals surface area contributed by atoms with E-state index in [-0.39, 0.29) is 17.7 Å². The molecule has 29 heavy (non-hydrogen) atoms. The molecule has 1 aromatic carbocycles. The van der Waals surface area contributed by atoms with Gasteiger partial charge in [-0.3, -0.25) is 14.5 Å². The highest BCUT2D eigenvalue weighted by molar-refractivity contribution is 7.22.